The first-order chi connectivity index (χ1) is 12.8. The highest BCUT2D eigenvalue weighted by Gasteiger charge is 2.48. The van der Waals surface area contributed by atoms with E-state index >= 15 is 0 Å². The summed E-state index contributed by atoms with van der Waals surface area (Å²) in [5.74, 6) is -0.650. The van der Waals surface area contributed by atoms with Crippen molar-refractivity contribution in [1.29, 1.82) is 0 Å². The summed E-state index contributed by atoms with van der Waals surface area (Å²) in [4.78, 5) is 24.3. The number of benzene rings is 1. The summed E-state index contributed by atoms with van der Waals surface area (Å²) in [6.45, 7) is -0.0295. The van der Waals surface area contributed by atoms with Crippen LogP contribution in [0.4, 0.5) is 19.7 Å². The van der Waals surface area contributed by atoms with Crippen molar-refractivity contribution in [2.24, 2.45) is 0 Å². The van der Waals surface area contributed by atoms with Crippen LogP contribution in [0.25, 0.3) is 0 Å². The summed E-state index contributed by atoms with van der Waals surface area (Å²) >= 11 is 0. The number of hydrogen-bond acceptors (Lipinski definition) is 5. The first-order valence-electron chi connectivity index (χ1n) is 9.00. The number of cyclic esters (lactones) is 1. The Labute approximate surface area is 154 Å². The van der Waals surface area contributed by atoms with Gasteiger partial charge in [-0.1, -0.05) is 6.07 Å². The van der Waals surface area contributed by atoms with Crippen molar-refractivity contribution in [3.8, 4) is 0 Å². The van der Waals surface area contributed by atoms with Crippen molar-refractivity contribution < 1.29 is 34.0 Å². The van der Waals surface area contributed by atoms with E-state index in [0.717, 1.165) is 5.56 Å². The van der Waals surface area contributed by atoms with Gasteiger partial charge in [0.05, 0.1) is 30.5 Å². The standard InChI is InChI=1S/C18H21FN2O6/c19-11-6-12-9(3-10(11)8-1-2-14(22)15(23)5-8)4-13-16(7-20-17(24)25)27-18(26)21(12)13/h3,6,8,13-16,20,22-23H,1-2,4-5,7H2,(H,24,25)/t8?,13-,14+,15-,16-/m0/s1. The van der Waals surface area contributed by atoms with Gasteiger partial charge < -0.3 is 25.4 Å². The molecule has 0 bridgehead atoms. The maximum absolute atomic E-state index is 14.8. The van der Waals surface area contributed by atoms with E-state index in [1.54, 1.807) is 6.07 Å². The fraction of sp³-hybridized carbons (Fsp3) is 0.556. The van der Waals surface area contributed by atoms with E-state index < -0.39 is 36.3 Å². The van der Waals surface area contributed by atoms with Crippen molar-refractivity contribution in [2.75, 3.05) is 11.4 Å². The van der Waals surface area contributed by atoms with Crippen molar-refractivity contribution in [3.05, 3.63) is 29.1 Å². The van der Waals surface area contributed by atoms with E-state index in [-0.39, 0.29) is 24.9 Å². The van der Waals surface area contributed by atoms with Gasteiger partial charge in [0.1, 0.15) is 11.9 Å². The van der Waals surface area contributed by atoms with Crippen LogP contribution in [0.2, 0.25) is 0 Å². The first kappa shape index (κ1) is 18.0. The number of nitrogens with zero attached hydrogens (tertiary/aromatic N) is 1. The maximum Gasteiger partial charge on any atom is 0.415 e. The Bertz CT molecular complexity index is 787. The van der Waals surface area contributed by atoms with Gasteiger partial charge in [-0.3, -0.25) is 4.90 Å². The third kappa shape index (κ3) is 3.10. The largest absolute Gasteiger partial charge is 0.465 e. The lowest BCUT2D eigenvalue weighted by molar-refractivity contribution is -0.0152. The van der Waals surface area contributed by atoms with Crippen molar-refractivity contribution in [3.63, 3.8) is 0 Å². The van der Waals surface area contributed by atoms with Crippen LogP contribution < -0.4 is 10.2 Å². The number of carboxylic acid groups (broad SMARTS) is 1. The van der Waals surface area contributed by atoms with E-state index in [1.807, 2.05) is 0 Å². The smallest absolute Gasteiger partial charge is 0.415 e. The van der Waals surface area contributed by atoms with Gasteiger partial charge in [0.2, 0.25) is 0 Å². The number of nitrogens with one attached hydrogen (secondary N) is 1. The van der Waals surface area contributed by atoms with Crippen LogP contribution >= 0.6 is 0 Å². The zero-order valence-electron chi connectivity index (χ0n) is 14.5. The molecule has 2 fully saturated rings. The third-order valence-electron chi connectivity index (χ3n) is 5.77. The number of carbonyl (C=O) groups is 2. The summed E-state index contributed by atoms with van der Waals surface area (Å²) in [5, 5.41) is 30.6. The Morgan fingerprint density at radius 2 is 2.07 bits per heavy atom. The number of amides is 2. The van der Waals surface area contributed by atoms with Gasteiger partial charge in [0.15, 0.2) is 0 Å². The average molecular weight is 380 g/mol. The molecule has 8 nitrogen and oxygen atoms in total. The molecule has 0 spiro atoms. The molecule has 1 saturated heterocycles. The number of hydrogen-bond donors (Lipinski definition) is 4. The van der Waals surface area contributed by atoms with Gasteiger partial charge in [-0.15, -0.1) is 0 Å². The predicted octanol–water partition coefficient (Wildman–Crippen LogP) is 1.33. The van der Waals surface area contributed by atoms with Crippen LogP contribution in [0.5, 0.6) is 0 Å². The highest BCUT2D eigenvalue weighted by Crippen LogP contribution is 2.43. The number of fused-ring (bicyclic) bond motifs is 3. The number of aliphatic hydroxyl groups is 2. The van der Waals surface area contributed by atoms with Crippen molar-refractivity contribution in [2.45, 2.75) is 56.0 Å². The Balaban J connectivity index is 1.58. The molecular formula is C18H21FN2O6. The maximum atomic E-state index is 14.8. The molecule has 1 aromatic rings. The van der Waals surface area contributed by atoms with Crippen molar-refractivity contribution in [1.82, 2.24) is 5.32 Å². The molecular weight excluding hydrogens is 359 g/mol. The van der Waals surface area contributed by atoms with Crippen LogP contribution in [0, 0.1) is 5.82 Å². The van der Waals surface area contributed by atoms with Crippen LogP contribution in [-0.4, -0.2) is 58.4 Å². The van der Waals surface area contributed by atoms with Gasteiger partial charge >= 0.3 is 12.2 Å². The Morgan fingerprint density at radius 1 is 1.30 bits per heavy atom. The second-order valence-electron chi connectivity index (χ2n) is 7.40. The average Bonchev–Trinajstić information content (AvgIpc) is 3.12. The molecule has 4 rings (SSSR count). The molecule has 2 amide bonds. The second kappa shape index (κ2) is 6.65. The van der Waals surface area contributed by atoms with Gasteiger partial charge in [-0.05, 0) is 48.8 Å². The number of aliphatic hydroxyl groups excluding tert-OH is 2. The van der Waals surface area contributed by atoms with Crippen LogP contribution in [0.3, 0.4) is 0 Å². The molecule has 27 heavy (non-hydrogen) atoms. The minimum atomic E-state index is -1.20. The van der Waals surface area contributed by atoms with Crippen LogP contribution in [0.15, 0.2) is 12.1 Å². The first-order valence-corrected chi connectivity index (χ1v) is 9.00. The van der Waals surface area contributed by atoms with Gasteiger partial charge in [0, 0.05) is 0 Å². The van der Waals surface area contributed by atoms with Gasteiger partial charge in [-0.2, -0.15) is 0 Å². The lowest BCUT2D eigenvalue weighted by Gasteiger charge is -2.30. The Kier molecular flexibility index (Phi) is 4.43. The van der Waals surface area contributed by atoms with E-state index in [9.17, 15) is 24.2 Å². The zero-order valence-corrected chi connectivity index (χ0v) is 14.5. The number of halogens is 1. The van der Waals surface area contributed by atoms with Gasteiger partial charge in [0.25, 0.3) is 0 Å². The molecule has 2 heterocycles. The van der Waals surface area contributed by atoms with Crippen LogP contribution in [0.1, 0.15) is 36.3 Å². The Hall–Kier alpha value is -2.39. The molecule has 146 valence electrons. The Morgan fingerprint density at radius 3 is 2.78 bits per heavy atom. The number of rotatable bonds is 3. The molecule has 0 radical (unpaired) electrons. The molecule has 1 saturated carbocycles. The van der Waals surface area contributed by atoms with E-state index in [4.69, 9.17) is 9.84 Å². The topological polar surface area (TPSA) is 119 Å². The lowest BCUT2D eigenvalue weighted by Crippen LogP contribution is -2.40. The van der Waals surface area contributed by atoms with E-state index in [1.165, 1.54) is 11.0 Å². The number of anilines is 1. The summed E-state index contributed by atoms with van der Waals surface area (Å²) in [7, 11) is 0. The second-order valence-corrected chi connectivity index (χ2v) is 7.40. The zero-order chi connectivity index (χ0) is 19.3. The molecule has 2 aliphatic heterocycles. The SMILES string of the molecule is O=C(O)NC[C@@H]1OC(=O)N2c3cc(F)c(C4CC[C@@H](O)[C@@H](O)C4)cc3C[C@@H]12. The van der Waals surface area contributed by atoms with E-state index in [0.29, 0.717) is 30.5 Å². The fourth-order valence-electron chi connectivity index (χ4n) is 4.40. The normalized spacial score (nSPS) is 32.0. The molecule has 1 unspecified atom stereocenters. The highest BCUT2D eigenvalue weighted by atomic mass is 19.1. The lowest BCUT2D eigenvalue weighted by atomic mass is 9.80. The minimum Gasteiger partial charge on any atom is -0.465 e. The molecule has 0 aromatic heterocycles. The molecule has 9 heteroatoms. The summed E-state index contributed by atoms with van der Waals surface area (Å²) in [6, 6.07) is 2.66. The summed E-state index contributed by atoms with van der Waals surface area (Å²) in [5.41, 5.74) is 1.73. The molecule has 1 aromatic carbocycles. The van der Waals surface area contributed by atoms with Crippen LogP contribution in [-0.2, 0) is 11.2 Å². The number of ether oxygens (including phenoxy) is 1. The third-order valence-corrected chi connectivity index (χ3v) is 5.77. The molecule has 3 aliphatic rings. The van der Waals surface area contributed by atoms with Crippen molar-refractivity contribution >= 4 is 17.9 Å². The van der Waals surface area contributed by atoms with Gasteiger partial charge in [-0.25, -0.2) is 14.0 Å². The predicted molar refractivity (Wildman–Crippen MR) is 91.3 cm³/mol. The summed E-state index contributed by atoms with van der Waals surface area (Å²) < 4.78 is 20.0. The molecule has 5 atom stereocenters. The minimum absolute atomic E-state index is 0.0295. The quantitative estimate of drug-likeness (QED) is 0.628. The highest BCUT2D eigenvalue weighted by molar-refractivity contribution is 5.94. The number of carbonyl (C=O) groups excluding carboxylic acids is 1. The molecule has 1 aliphatic carbocycles. The molecule has 4 N–H and O–H groups in total. The van der Waals surface area contributed by atoms with E-state index in [2.05, 4.69) is 5.32 Å². The summed E-state index contributed by atoms with van der Waals surface area (Å²) in [6.07, 6.45) is -2.39. The fourth-order valence-corrected chi connectivity index (χ4v) is 4.40. The monoisotopic (exact) mass is 380 g/mol.